The Balaban J connectivity index is 1.85. The number of hydrogen-bond donors (Lipinski definition) is 0. The number of oxime groups is 1. The van der Waals surface area contributed by atoms with E-state index in [-0.39, 0.29) is 5.60 Å². The molecule has 3 heteroatoms. The van der Waals surface area contributed by atoms with Crippen LogP contribution < -0.4 is 0 Å². The molecule has 3 nitrogen and oxygen atoms in total. The number of hydrogen-bond acceptors (Lipinski definition) is 3. The van der Waals surface area contributed by atoms with Crippen LogP contribution in [0.4, 0.5) is 0 Å². The summed E-state index contributed by atoms with van der Waals surface area (Å²) in [7, 11) is 0. The molecule has 0 bridgehead atoms. The fourth-order valence-corrected chi connectivity index (χ4v) is 1.71. The average Bonchev–Trinajstić information content (AvgIpc) is 2.57. The molecule has 2 rings (SSSR count). The molecule has 1 aromatic rings. The van der Waals surface area contributed by atoms with Crippen LogP contribution in [0.15, 0.2) is 29.7 Å². The predicted molar refractivity (Wildman–Crippen MR) is 59.8 cm³/mol. The van der Waals surface area contributed by atoms with Gasteiger partial charge in [-0.3, -0.25) is 4.98 Å². The Morgan fingerprint density at radius 1 is 1.40 bits per heavy atom. The molecule has 0 N–H and O–H groups in total. The van der Waals surface area contributed by atoms with E-state index in [1.807, 2.05) is 12.3 Å². The minimum atomic E-state index is -0.107. The van der Waals surface area contributed by atoms with Crippen molar-refractivity contribution in [3.8, 4) is 0 Å². The molecule has 0 saturated heterocycles. The lowest BCUT2D eigenvalue weighted by molar-refractivity contribution is 0.0123. The fourth-order valence-electron chi connectivity index (χ4n) is 1.71. The first-order valence-electron chi connectivity index (χ1n) is 5.28. The molecule has 0 aromatic carbocycles. The second-order valence-electron chi connectivity index (χ2n) is 4.55. The summed E-state index contributed by atoms with van der Waals surface area (Å²) in [4.78, 5) is 9.40. The van der Waals surface area contributed by atoms with Crippen LogP contribution in [0.25, 0.3) is 0 Å². The molecule has 0 atom stereocenters. The summed E-state index contributed by atoms with van der Waals surface area (Å²) in [6, 6.07) is 4.06. The number of aromatic nitrogens is 1. The van der Waals surface area contributed by atoms with E-state index < -0.39 is 0 Å². The summed E-state index contributed by atoms with van der Waals surface area (Å²) < 4.78 is 0. The average molecular weight is 204 g/mol. The highest BCUT2D eigenvalue weighted by Gasteiger charge is 2.28. The second kappa shape index (κ2) is 4.01. The molecule has 2 heterocycles. The number of nitrogens with zero attached hydrogens (tertiary/aromatic N) is 2. The van der Waals surface area contributed by atoms with Crippen molar-refractivity contribution in [2.75, 3.05) is 0 Å². The molecule has 1 aromatic heterocycles. The monoisotopic (exact) mass is 204 g/mol. The molecule has 15 heavy (non-hydrogen) atoms. The molecule has 0 unspecified atom stereocenters. The number of pyridine rings is 1. The maximum absolute atomic E-state index is 5.31. The van der Waals surface area contributed by atoms with Crippen molar-refractivity contribution >= 4 is 5.71 Å². The van der Waals surface area contributed by atoms with Crippen LogP contribution in [-0.2, 0) is 11.3 Å². The minimum Gasteiger partial charge on any atom is -0.389 e. The maximum Gasteiger partial charge on any atom is 0.137 e. The van der Waals surface area contributed by atoms with Gasteiger partial charge in [0.1, 0.15) is 5.60 Å². The van der Waals surface area contributed by atoms with Crippen molar-refractivity contribution in [1.82, 2.24) is 4.98 Å². The van der Waals surface area contributed by atoms with Crippen molar-refractivity contribution in [2.24, 2.45) is 5.16 Å². The van der Waals surface area contributed by atoms with Gasteiger partial charge in [0.2, 0.25) is 0 Å². The maximum atomic E-state index is 5.31. The third-order valence-electron chi connectivity index (χ3n) is 2.48. The van der Waals surface area contributed by atoms with Crippen LogP contribution in [0.1, 0.15) is 32.3 Å². The summed E-state index contributed by atoms with van der Waals surface area (Å²) in [5.74, 6) is 0. The summed E-state index contributed by atoms with van der Waals surface area (Å²) in [5.41, 5.74) is 2.30. The first-order chi connectivity index (χ1) is 7.16. The van der Waals surface area contributed by atoms with E-state index >= 15 is 0 Å². The quantitative estimate of drug-likeness (QED) is 0.758. The Morgan fingerprint density at radius 2 is 2.27 bits per heavy atom. The van der Waals surface area contributed by atoms with Crippen LogP contribution in [0, 0.1) is 0 Å². The van der Waals surface area contributed by atoms with E-state index in [1.165, 1.54) is 5.56 Å². The lowest BCUT2D eigenvalue weighted by atomic mass is 9.99. The van der Waals surface area contributed by atoms with Crippen molar-refractivity contribution in [3.63, 3.8) is 0 Å². The Kier molecular flexibility index (Phi) is 2.71. The van der Waals surface area contributed by atoms with Crippen LogP contribution in [-0.4, -0.2) is 16.3 Å². The normalized spacial score (nSPS) is 18.4. The summed E-state index contributed by atoms with van der Waals surface area (Å²) >= 11 is 0. The zero-order valence-corrected chi connectivity index (χ0v) is 9.23. The highest BCUT2D eigenvalue weighted by Crippen LogP contribution is 2.24. The van der Waals surface area contributed by atoms with Gasteiger partial charge < -0.3 is 4.84 Å². The summed E-state index contributed by atoms with van der Waals surface area (Å²) in [6.45, 7) is 4.13. The van der Waals surface area contributed by atoms with Crippen LogP contribution in [0.2, 0.25) is 0 Å². The lowest BCUT2D eigenvalue weighted by Crippen LogP contribution is -2.18. The highest BCUT2D eigenvalue weighted by molar-refractivity contribution is 5.86. The first-order valence-corrected chi connectivity index (χ1v) is 5.28. The first kappa shape index (κ1) is 10.1. The van der Waals surface area contributed by atoms with Gasteiger partial charge in [-0.05, 0) is 38.3 Å². The number of aryl methyl sites for hydroxylation is 1. The van der Waals surface area contributed by atoms with E-state index in [1.54, 1.807) is 6.20 Å². The van der Waals surface area contributed by atoms with Gasteiger partial charge in [0.15, 0.2) is 0 Å². The molecular formula is C12H16N2O. The standard InChI is InChI=1S/C12H16N2O/c1-12(2)8-11(14-15-12)6-5-10-4-3-7-13-9-10/h3-4,7,9H,5-6,8H2,1-2H3. The topological polar surface area (TPSA) is 34.5 Å². The van der Waals surface area contributed by atoms with Gasteiger partial charge >= 0.3 is 0 Å². The molecule has 0 fully saturated rings. The molecule has 1 aliphatic heterocycles. The zero-order chi connectivity index (χ0) is 10.7. The number of rotatable bonds is 3. The smallest absolute Gasteiger partial charge is 0.137 e. The zero-order valence-electron chi connectivity index (χ0n) is 9.23. The lowest BCUT2D eigenvalue weighted by Gasteiger charge is -2.13. The van der Waals surface area contributed by atoms with Gasteiger partial charge in [-0.2, -0.15) is 0 Å². The van der Waals surface area contributed by atoms with Gasteiger partial charge in [-0.1, -0.05) is 11.2 Å². The Hall–Kier alpha value is -1.38. The van der Waals surface area contributed by atoms with Gasteiger partial charge in [0.25, 0.3) is 0 Å². The molecule has 1 aliphatic rings. The van der Waals surface area contributed by atoms with Crippen molar-refractivity contribution in [2.45, 2.75) is 38.7 Å². The summed E-state index contributed by atoms with van der Waals surface area (Å²) in [6.07, 6.45) is 6.60. The second-order valence-corrected chi connectivity index (χ2v) is 4.55. The van der Waals surface area contributed by atoms with Gasteiger partial charge in [-0.15, -0.1) is 0 Å². The van der Waals surface area contributed by atoms with Crippen LogP contribution >= 0.6 is 0 Å². The molecule has 0 aliphatic carbocycles. The van der Waals surface area contributed by atoms with Gasteiger partial charge in [0, 0.05) is 18.8 Å². The fraction of sp³-hybridized carbons (Fsp3) is 0.500. The third kappa shape index (κ3) is 2.78. The molecule has 0 saturated carbocycles. The predicted octanol–water partition coefficient (Wildman–Crippen LogP) is 2.57. The van der Waals surface area contributed by atoms with E-state index in [4.69, 9.17) is 4.84 Å². The van der Waals surface area contributed by atoms with Gasteiger partial charge in [0.05, 0.1) is 5.71 Å². The van der Waals surface area contributed by atoms with E-state index in [9.17, 15) is 0 Å². The SMILES string of the molecule is CC1(C)CC(CCc2cccnc2)=NO1. The molecule has 0 spiro atoms. The molecular weight excluding hydrogens is 188 g/mol. The summed E-state index contributed by atoms with van der Waals surface area (Å²) in [5, 5.41) is 4.10. The Morgan fingerprint density at radius 3 is 2.87 bits per heavy atom. The van der Waals surface area contributed by atoms with Crippen LogP contribution in [0.5, 0.6) is 0 Å². The largest absolute Gasteiger partial charge is 0.389 e. The minimum absolute atomic E-state index is 0.107. The van der Waals surface area contributed by atoms with Crippen molar-refractivity contribution in [1.29, 1.82) is 0 Å². The Labute approximate surface area is 90.2 Å². The molecule has 0 radical (unpaired) electrons. The molecule has 80 valence electrons. The third-order valence-corrected chi connectivity index (χ3v) is 2.48. The van der Waals surface area contributed by atoms with Crippen molar-refractivity contribution in [3.05, 3.63) is 30.1 Å². The Bertz CT molecular complexity index is 357. The van der Waals surface area contributed by atoms with E-state index in [0.29, 0.717) is 0 Å². The van der Waals surface area contributed by atoms with E-state index in [0.717, 1.165) is 25.0 Å². The van der Waals surface area contributed by atoms with Crippen molar-refractivity contribution < 1.29 is 4.84 Å². The van der Waals surface area contributed by atoms with Crippen LogP contribution in [0.3, 0.4) is 0 Å². The van der Waals surface area contributed by atoms with Gasteiger partial charge in [-0.25, -0.2) is 0 Å². The van der Waals surface area contributed by atoms with E-state index in [2.05, 4.69) is 30.1 Å². The highest BCUT2D eigenvalue weighted by atomic mass is 16.7. The molecule has 0 amide bonds.